The molecule has 2 heterocycles. The number of likely N-dealkylation sites (N-methyl/N-ethyl adjacent to an activating group) is 1. The maximum atomic E-state index is 6.34. The third-order valence-electron chi connectivity index (χ3n) is 4.01. The number of hydrogen-bond donors (Lipinski definition) is 0. The van der Waals surface area contributed by atoms with Crippen molar-refractivity contribution in [2.24, 2.45) is 0 Å². The molecule has 1 aliphatic heterocycles. The molecule has 0 aliphatic carbocycles. The lowest BCUT2D eigenvalue weighted by Gasteiger charge is -2.18. The number of aromatic nitrogens is 2. The Morgan fingerprint density at radius 3 is 2.85 bits per heavy atom. The standard InChI is InChI=1S/C15H20ClN3O/c1-10(16)15-17-13-5-4-12(20-3)8-14(13)19(15)11-6-7-18(2)9-11/h4-5,8,10-11H,6-7,9H2,1-3H3. The van der Waals surface area contributed by atoms with Crippen molar-refractivity contribution in [2.75, 3.05) is 27.2 Å². The highest BCUT2D eigenvalue weighted by molar-refractivity contribution is 6.20. The summed E-state index contributed by atoms with van der Waals surface area (Å²) in [6.07, 6.45) is 1.13. The number of halogens is 1. The van der Waals surface area contributed by atoms with E-state index < -0.39 is 0 Å². The molecule has 1 fully saturated rings. The number of benzene rings is 1. The molecule has 20 heavy (non-hydrogen) atoms. The fourth-order valence-electron chi connectivity index (χ4n) is 3.01. The molecule has 1 aliphatic rings. The monoisotopic (exact) mass is 293 g/mol. The summed E-state index contributed by atoms with van der Waals surface area (Å²) in [5, 5.41) is -0.0979. The molecule has 2 aromatic rings. The molecule has 0 N–H and O–H groups in total. The molecule has 4 nitrogen and oxygen atoms in total. The van der Waals surface area contributed by atoms with Crippen LogP contribution in [-0.2, 0) is 0 Å². The molecule has 108 valence electrons. The Bertz CT molecular complexity index is 623. The van der Waals surface area contributed by atoms with Crippen LogP contribution in [-0.4, -0.2) is 41.7 Å². The summed E-state index contributed by atoms with van der Waals surface area (Å²) in [7, 11) is 3.85. The normalized spacial score (nSPS) is 21.5. The van der Waals surface area contributed by atoms with Crippen molar-refractivity contribution in [1.29, 1.82) is 0 Å². The number of imidazole rings is 1. The Morgan fingerprint density at radius 1 is 1.45 bits per heavy atom. The molecule has 3 rings (SSSR count). The lowest BCUT2D eigenvalue weighted by Crippen LogP contribution is -2.18. The number of ether oxygens (including phenoxy) is 1. The summed E-state index contributed by atoms with van der Waals surface area (Å²) in [4.78, 5) is 7.06. The zero-order valence-corrected chi connectivity index (χ0v) is 12.9. The average Bonchev–Trinajstić information content (AvgIpc) is 3.00. The highest BCUT2D eigenvalue weighted by atomic mass is 35.5. The molecule has 2 atom stereocenters. The van der Waals surface area contributed by atoms with Gasteiger partial charge in [0.2, 0.25) is 0 Å². The summed E-state index contributed by atoms with van der Waals surface area (Å²) >= 11 is 6.34. The molecule has 0 radical (unpaired) electrons. The van der Waals surface area contributed by atoms with Crippen molar-refractivity contribution < 1.29 is 4.74 Å². The number of rotatable bonds is 3. The highest BCUT2D eigenvalue weighted by Gasteiger charge is 2.26. The SMILES string of the molecule is COc1ccc2nc(C(C)Cl)n(C3CCN(C)C3)c2c1. The Kier molecular flexibility index (Phi) is 3.61. The molecule has 2 unspecified atom stereocenters. The van der Waals surface area contributed by atoms with Crippen molar-refractivity contribution in [2.45, 2.75) is 24.8 Å². The van der Waals surface area contributed by atoms with Gasteiger partial charge >= 0.3 is 0 Å². The van der Waals surface area contributed by atoms with Crippen LogP contribution in [0.2, 0.25) is 0 Å². The fraction of sp³-hybridized carbons (Fsp3) is 0.533. The molecule has 0 amide bonds. The van der Waals surface area contributed by atoms with Crippen LogP contribution in [0.5, 0.6) is 5.75 Å². The smallest absolute Gasteiger partial charge is 0.128 e. The summed E-state index contributed by atoms with van der Waals surface area (Å²) < 4.78 is 7.65. The molecule has 0 bridgehead atoms. The van der Waals surface area contributed by atoms with E-state index in [0.717, 1.165) is 42.1 Å². The Labute approximate surface area is 124 Å². The Balaban J connectivity index is 2.16. The van der Waals surface area contributed by atoms with Gasteiger partial charge in [-0.05, 0) is 39.1 Å². The van der Waals surface area contributed by atoms with E-state index in [1.54, 1.807) is 7.11 Å². The van der Waals surface area contributed by atoms with Gasteiger partial charge in [-0.3, -0.25) is 0 Å². The minimum atomic E-state index is -0.0979. The largest absolute Gasteiger partial charge is 0.497 e. The van der Waals surface area contributed by atoms with Crippen LogP contribution in [0.3, 0.4) is 0 Å². The second-order valence-electron chi connectivity index (χ2n) is 5.52. The van der Waals surface area contributed by atoms with Crippen LogP contribution in [0.4, 0.5) is 0 Å². The summed E-state index contributed by atoms with van der Waals surface area (Å²) in [5.74, 6) is 1.81. The van der Waals surface area contributed by atoms with E-state index >= 15 is 0 Å². The maximum absolute atomic E-state index is 6.34. The van der Waals surface area contributed by atoms with E-state index in [1.165, 1.54) is 0 Å². The minimum Gasteiger partial charge on any atom is -0.497 e. The fourth-order valence-corrected chi connectivity index (χ4v) is 3.16. The van der Waals surface area contributed by atoms with Gasteiger partial charge in [-0.25, -0.2) is 4.98 Å². The van der Waals surface area contributed by atoms with Gasteiger partial charge in [0.15, 0.2) is 0 Å². The molecule has 0 saturated carbocycles. The van der Waals surface area contributed by atoms with Crippen LogP contribution in [0.25, 0.3) is 11.0 Å². The van der Waals surface area contributed by atoms with Crippen molar-refractivity contribution in [3.63, 3.8) is 0 Å². The van der Waals surface area contributed by atoms with Gasteiger partial charge in [0.05, 0.1) is 23.5 Å². The third-order valence-corrected chi connectivity index (χ3v) is 4.21. The van der Waals surface area contributed by atoms with E-state index in [0.29, 0.717) is 6.04 Å². The number of fused-ring (bicyclic) bond motifs is 1. The second kappa shape index (κ2) is 5.26. The minimum absolute atomic E-state index is 0.0979. The van der Waals surface area contributed by atoms with Crippen LogP contribution in [0.1, 0.15) is 30.6 Å². The molecule has 1 saturated heterocycles. The van der Waals surface area contributed by atoms with Crippen molar-refractivity contribution in [3.05, 3.63) is 24.0 Å². The quantitative estimate of drug-likeness (QED) is 0.814. The van der Waals surface area contributed by atoms with Crippen molar-refractivity contribution >= 4 is 22.6 Å². The topological polar surface area (TPSA) is 30.3 Å². The number of likely N-dealkylation sites (tertiary alicyclic amines) is 1. The molecular formula is C15H20ClN3O. The first-order valence-electron chi connectivity index (χ1n) is 6.98. The van der Waals surface area contributed by atoms with Gasteiger partial charge in [0.1, 0.15) is 11.6 Å². The second-order valence-corrected chi connectivity index (χ2v) is 6.17. The number of hydrogen-bond acceptors (Lipinski definition) is 3. The van der Waals surface area contributed by atoms with Gasteiger partial charge in [0, 0.05) is 18.7 Å². The number of methoxy groups -OCH3 is 1. The van der Waals surface area contributed by atoms with Crippen LogP contribution in [0, 0.1) is 0 Å². The summed E-state index contributed by atoms with van der Waals surface area (Å²) in [6.45, 7) is 4.14. The predicted molar refractivity (Wildman–Crippen MR) is 81.7 cm³/mol. The number of nitrogens with zero attached hydrogens (tertiary/aromatic N) is 3. The molecular weight excluding hydrogens is 274 g/mol. The van der Waals surface area contributed by atoms with Gasteiger partial charge in [-0.15, -0.1) is 11.6 Å². The van der Waals surface area contributed by atoms with Crippen LogP contribution in [0.15, 0.2) is 18.2 Å². The first kappa shape index (κ1) is 13.7. The average molecular weight is 294 g/mol. The van der Waals surface area contributed by atoms with Gasteiger partial charge < -0.3 is 14.2 Å². The summed E-state index contributed by atoms with van der Waals surface area (Å²) in [5.41, 5.74) is 2.11. The van der Waals surface area contributed by atoms with E-state index in [2.05, 4.69) is 22.6 Å². The molecule has 5 heteroatoms. The van der Waals surface area contributed by atoms with Crippen molar-refractivity contribution in [3.8, 4) is 5.75 Å². The van der Waals surface area contributed by atoms with E-state index in [-0.39, 0.29) is 5.38 Å². The van der Waals surface area contributed by atoms with Gasteiger partial charge in [0.25, 0.3) is 0 Å². The van der Waals surface area contributed by atoms with Gasteiger partial charge in [-0.1, -0.05) is 0 Å². The maximum Gasteiger partial charge on any atom is 0.128 e. The van der Waals surface area contributed by atoms with Crippen LogP contribution < -0.4 is 4.74 Å². The lowest BCUT2D eigenvalue weighted by atomic mass is 10.2. The van der Waals surface area contributed by atoms with Gasteiger partial charge in [-0.2, -0.15) is 0 Å². The molecule has 0 spiro atoms. The first-order chi connectivity index (χ1) is 9.60. The third kappa shape index (κ3) is 2.27. The van der Waals surface area contributed by atoms with E-state index in [1.807, 2.05) is 19.1 Å². The summed E-state index contributed by atoms with van der Waals surface area (Å²) in [6, 6.07) is 6.45. The van der Waals surface area contributed by atoms with Crippen molar-refractivity contribution in [1.82, 2.24) is 14.5 Å². The van der Waals surface area contributed by atoms with Crippen LogP contribution >= 0.6 is 11.6 Å². The zero-order chi connectivity index (χ0) is 14.3. The molecule has 1 aromatic heterocycles. The number of alkyl halides is 1. The van der Waals surface area contributed by atoms with E-state index in [9.17, 15) is 0 Å². The molecule has 1 aromatic carbocycles. The first-order valence-corrected chi connectivity index (χ1v) is 7.42. The lowest BCUT2D eigenvalue weighted by molar-refractivity contribution is 0.391. The Hall–Kier alpha value is -1.26. The predicted octanol–water partition coefficient (Wildman–Crippen LogP) is 3.22. The van der Waals surface area contributed by atoms with E-state index in [4.69, 9.17) is 21.3 Å². The highest BCUT2D eigenvalue weighted by Crippen LogP contribution is 2.33. The zero-order valence-electron chi connectivity index (χ0n) is 12.1. The Morgan fingerprint density at radius 2 is 2.25 bits per heavy atom.